The summed E-state index contributed by atoms with van der Waals surface area (Å²) in [6.07, 6.45) is -3.92. The molecule has 1 aliphatic rings. The third kappa shape index (κ3) is 4.69. The number of urea groups is 1. The molecule has 0 aromatic carbocycles. The van der Waals surface area contributed by atoms with Crippen molar-refractivity contribution in [1.29, 1.82) is 0 Å². The van der Waals surface area contributed by atoms with Crippen molar-refractivity contribution in [3.63, 3.8) is 0 Å². The number of fused-ring (bicyclic) bond motifs is 1. The molecule has 1 atom stereocenters. The van der Waals surface area contributed by atoms with Crippen LogP contribution in [0.25, 0.3) is 0 Å². The molecule has 1 aliphatic heterocycles. The number of aromatic nitrogens is 3. The van der Waals surface area contributed by atoms with E-state index in [4.69, 9.17) is 0 Å². The summed E-state index contributed by atoms with van der Waals surface area (Å²) in [5.74, 6) is -4.82. The van der Waals surface area contributed by atoms with Crippen LogP contribution in [0.4, 0.5) is 32.4 Å². The highest BCUT2D eigenvalue weighted by atomic mass is 19.4. The number of anilines is 1. The Bertz CT molecular complexity index is 923. The molecule has 7 nitrogen and oxygen atoms in total. The Morgan fingerprint density at radius 1 is 1.21 bits per heavy atom. The Labute approximate surface area is 161 Å². The van der Waals surface area contributed by atoms with Crippen LogP contribution in [0.15, 0.2) is 18.5 Å². The predicted octanol–water partition coefficient (Wildman–Crippen LogP) is 3.38. The van der Waals surface area contributed by atoms with Crippen molar-refractivity contribution in [3.8, 4) is 0 Å². The molecule has 0 saturated carbocycles. The van der Waals surface area contributed by atoms with Gasteiger partial charge in [0.05, 0.1) is 30.2 Å². The number of amides is 2. The van der Waals surface area contributed by atoms with Crippen molar-refractivity contribution in [2.75, 3.05) is 11.9 Å². The summed E-state index contributed by atoms with van der Waals surface area (Å²) in [5.41, 5.74) is 0.0341. The van der Waals surface area contributed by atoms with E-state index in [2.05, 4.69) is 15.3 Å². The van der Waals surface area contributed by atoms with Gasteiger partial charge in [-0.25, -0.2) is 9.78 Å². The zero-order valence-electron chi connectivity index (χ0n) is 15.1. The van der Waals surface area contributed by atoms with Gasteiger partial charge in [0.25, 0.3) is 0 Å². The van der Waals surface area contributed by atoms with Crippen molar-refractivity contribution in [2.45, 2.75) is 32.6 Å². The van der Waals surface area contributed by atoms with E-state index in [0.717, 1.165) is 19.1 Å². The Hall–Kier alpha value is -3.05. The third-order valence-corrected chi connectivity index (χ3v) is 4.51. The lowest BCUT2D eigenvalue weighted by atomic mass is 10.0. The molecule has 12 heteroatoms. The monoisotopic (exact) mass is 417 g/mol. The van der Waals surface area contributed by atoms with Crippen LogP contribution in [0.5, 0.6) is 0 Å². The smallest absolute Gasteiger partial charge is 0.331 e. The van der Waals surface area contributed by atoms with E-state index >= 15 is 0 Å². The molecule has 2 amide bonds. The molecule has 2 aromatic rings. The van der Waals surface area contributed by atoms with Crippen molar-refractivity contribution in [3.05, 3.63) is 41.7 Å². The molecule has 0 saturated heterocycles. The zero-order valence-corrected chi connectivity index (χ0v) is 15.1. The van der Waals surface area contributed by atoms with Gasteiger partial charge >= 0.3 is 12.2 Å². The molecule has 0 fully saturated rings. The van der Waals surface area contributed by atoms with Crippen LogP contribution < -0.4 is 5.32 Å². The van der Waals surface area contributed by atoms with Gasteiger partial charge in [-0.3, -0.25) is 4.79 Å². The first kappa shape index (κ1) is 20.7. The summed E-state index contributed by atoms with van der Waals surface area (Å²) in [4.78, 5) is 32.8. The number of imidazole rings is 1. The maximum absolute atomic E-state index is 13.2. The van der Waals surface area contributed by atoms with Crippen LogP contribution in [-0.4, -0.2) is 44.0 Å². The van der Waals surface area contributed by atoms with Crippen molar-refractivity contribution >= 4 is 17.5 Å². The standard InChI is InChI=1S/C17H16F5N5O2/c1-9(17(20,21)22)4-12(28)15-11-7-26(2-3-27(11)8-23-15)16(29)24-10-5-13(18)25-14(19)6-10/h5-6,8-9H,2-4,7H2,1H3,(H,24,25,29)/t9-/m0/s1. The Balaban J connectivity index is 1.72. The van der Waals surface area contributed by atoms with Gasteiger partial charge in [-0.1, -0.05) is 6.92 Å². The van der Waals surface area contributed by atoms with Crippen LogP contribution in [-0.2, 0) is 13.1 Å². The summed E-state index contributed by atoms with van der Waals surface area (Å²) in [6, 6.07) is 0.982. The number of hydrogen-bond donors (Lipinski definition) is 1. The summed E-state index contributed by atoms with van der Waals surface area (Å²) >= 11 is 0. The molecule has 29 heavy (non-hydrogen) atoms. The number of Topliss-reactive ketones (excluding diaryl/α,β-unsaturated/α-hetero) is 1. The molecule has 156 valence electrons. The summed E-state index contributed by atoms with van der Waals surface area (Å²) in [5, 5.41) is 2.32. The van der Waals surface area contributed by atoms with Crippen LogP contribution in [0, 0.1) is 17.8 Å². The molecule has 2 aromatic heterocycles. The minimum Gasteiger partial charge on any atom is -0.331 e. The van der Waals surface area contributed by atoms with Crippen LogP contribution in [0.2, 0.25) is 0 Å². The van der Waals surface area contributed by atoms with E-state index in [9.17, 15) is 31.5 Å². The average Bonchev–Trinajstić information content (AvgIpc) is 3.03. The average molecular weight is 417 g/mol. The number of alkyl halides is 3. The molecule has 0 spiro atoms. The number of pyridine rings is 1. The fourth-order valence-corrected chi connectivity index (χ4v) is 2.89. The molecule has 0 aliphatic carbocycles. The van der Waals surface area contributed by atoms with Gasteiger partial charge in [0.1, 0.15) is 5.69 Å². The molecule has 0 radical (unpaired) electrons. The Morgan fingerprint density at radius 3 is 2.48 bits per heavy atom. The number of carbonyl (C=O) groups excluding carboxylic acids is 2. The normalized spacial score (nSPS) is 15.0. The highest BCUT2D eigenvalue weighted by Crippen LogP contribution is 2.30. The van der Waals surface area contributed by atoms with Crippen LogP contribution in [0.1, 0.15) is 29.5 Å². The number of halogens is 5. The van der Waals surface area contributed by atoms with Gasteiger partial charge in [0.2, 0.25) is 11.9 Å². The number of carbonyl (C=O) groups is 2. The summed E-state index contributed by atoms with van der Waals surface area (Å²) in [6.45, 7) is 1.28. The van der Waals surface area contributed by atoms with Gasteiger partial charge in [0.15, 0.2) is 5.78 Å². The number of rotatable bonds is 4. The summed E-state index contributed by atoms with van der Waals surface area (Å²) in [7, 11) is 0. The van der Waals surface area contributed by atoms with E-state index in [-0.39, 0.29) is 31.0 Å². The fraction of sp³-hybridized carbons (Fsp3) is 0.412. The van der Waals surface area contributed by atoms with E-state index in [1.165, 1.54) is 11.2 Å². The lowest BCUT2D eigenvalue weighted by Gasteiger charge is -2.28. The van der Waals surface area contributed by atoms with E-state index < -0.39 is 42.2 Å². The number of hydrogen-bond acceptors (Lipinski definition) is 4. The second-order valence-corrected chi connectivity index (χ2v) is 6.66. The van der Waals surface area contributed by atoms with E-state index in [1.54, 1.807) is 4.57 Å². The van der Waals surface area contributed by atoms with Gasteiger partial charge in [0, 0.05) is 31.6 Å². The number of ketones is 1. The van der Waals surface area contributed by atoms with Crippen LogP contribution in [0.3, 0.4) is 0 Å². The van der Waals surface area contributed by atoms with Gasteiger partial charge < -0.3 is 14.8 Å². The minimum absolute atomic E-state index is 0.0939. The van der Waals surface area contributed by atoms with Crippen LogP contribution >= 0.6 is 0 Å². The van der Waals surface area contributed by atoms with Gasteiger partial charge in [-0.15, -0.1) is 0 Å². The largest absolute Gasteiger partial charge is 0.391 e. The highest BCUT2D eigenvalue weighted by molar-refractivity contribution is 5.96. The second-order valence-electron chi connectivity index (χ2n) is 6.66. The maximum atomic E-state index is 13.2. The van der Waals surface area contributed by atoms with Crippen molar-refractivity contribution in [1.82, 2.24) is 19.4 Å². The van der Waals surface area contributed by atoms with Crippen molar-refractivity contribution in [2.24, 2.45) is 5.92 Å². The first-order valence-electron chi connectivity index (χ1n) is 8.57. The van der Waals surface area contributed by atoms with Gasteiger partial charge in [-0.2, -0.15) is 26.9 Å². The zero-order chi connectivity index (χ0) is 21.3. The quantitative estimate of drug-likeness (QED) is 0.470. The highest BCUT2D eigenvalue weighted by Gasteiger charge is 2.38. The molecule has 0 bridgehead atoms. The number of nitrogens with zero attached hydrogens (tertiary/aromatic N) is 4. The molecule has 0 unspecified atom stereocenters. The number of nitrogens with one attached hydrogen (secondary N) is 1. The fourth-order valence-electron chi connectivity index (χ4n) is 2.89. The van der Waals surface area contributed by atoms with Gasteiger partial charge in [-0.05, 0) is 0 Å². The predicted molar refractivity (Wildman–Crippen MR) is 90.0 cm³/mol. The SMILES string of the molecule is C[C@@H](CC(=O)c1ncn2c1CN(C(=O)Nc1cc(F)nc(F)c1)CC2)C(F)(F)F. The lowest BCUT2D eigenvalue weighted by molar-refractivity contribution is -0.168. The topological polar surface area (TPSA) is 80.1 Å². The van der Waals surface area contributed by atoms with E-state index in [1.807, 2.05) is 0 Å². The molecule has 3 heterocycles. The molecule has 3 rings (SSSR count). The first-order chi connectivity index (χ1) is 13.5. The van der Waals surface area contributed by atoms with E-state index in [0.29, 0.717) is 5.69 Å². The Kier molecular flexibility index (Phi) is 5.53. The summed E-state index contributed by atoms with van der Waals surface area (Å²) < 4.78 is 66.1. The minimum atomic E-state index is -4.50. The second kappa shape index (κ2) is 7.76. The first-order valence-corrected chi connectivity index (χ1v) is 8.57. The molecular formula is C17H16F5N5O2. The lowest BCUT2D eigenvalue weighted by Crippen LogP contribution is -2.41. The molecular weight excluding hydrogens is 401 g/mol. The van der Waals surface area contributed by atoms with Crippen molar-refractivity contribution < 1.29 is 31.5 Å². The maximum Gasteiger partial charge on any atom is 0.391 e. The third-order valence-electron chi connectivity index (χ3n) is 4.51. The Morgan fingerprint density at radius 2 is 1.86 bits per heavy atom. The molecule has 1 N–H and O–H groups in total.